The van der Waals surface area contributed by atoms with Gasteiger partial charge in [0, 0.05) is 17.0 Å². The highest BCUT2D eigenvalue weighted by Crippen LogP contribution is 2.31. The quantitative estimate of drug-likeness (QED) is 0.454. The lowest BCUT2D eigenvalue weighted by Crippen LogP contribution is -2.30. The Hall–Kier alpha value is -3.50. The van der Waals surface area contributed by atoms with Crippen LogP contribution >= 0.6 is 0 Å². The predicted octanol–water partition coefficient (Wildman–Crippen LogP) is 5.08. The van der Waals surface area contributed by atoms with E-state index in [1.807, 2.05) is 55.5 Å². The van der Waals surface area contributed by atoms with Crippen LogP contribution in [0.15, 0.2) is 48.5 Å². The van der Waals surface area contributed by atoms with Crippen LogP contribution < -0.4 is 0 Å². The molecule has 0 heterocycles. The molecule has 0 spiro atoms. The van der Waals surface area contributed by atoms with Crippen molar-refractivity contribution >= 4 is 11.9 Å². The molecule has 32 heavy (non-hydrogen) atoms. The highest BCUT2D eigenvalue weighted by molar-refractivity contribution is 5.80. The van der Waals surface area contributed by atoms with Gasteiger partial charge in [0.25, 0.3) is 0 Å². The first-order valence-corrected chi connectivity index (χ1v) is 10.6. The van der Waals surface area contributed by atoms with Gasteiger partial charge in [-0.05, 0) is 63.1 Å². The average Bonchev–Trinajstić information content (AvgIpc) is 2.73. The summed E-state index contributed by atoms with van der Waals surface area (Å²) in [7, 11) is 0. The maximum Gasteiger partial charge on any atom is 0.309 e. The topological polar surface area (TPSA) is 52.6 Å². The molecule has 2 atom stereocenters. The predicted molar refractivity (Wildman–Crippen MR) is 126 cm³/mol. The van der Waals surface area contributed by atoms with Crippen LogP contribution in [0.5, 0.6) is 0 Å². The molecule has 0 aliphatic carbocycles. The molecule has 0 N–H and O–H groups in total. The Bertz CT molecular complexity index is 954. The fourth-order valence-corrected chi connectivity index (χ4v) is 3.39. The number of carbonyl (C=O) groups is 2. The molecule has 2 rings (SSSR count). The highest BCUT2D eigenvalue weighted by atomic mass is 16.6. The minimum absolute atomic E-state index is 0.0405. The Morgan fingerprint density at radius 2 is 1.31 bits per heavy atom. The molecule has 0 amide bonds. The van der Waals surface area contributed by atoms with E-state index in [2.05, 4.69) is 11.8 Å². The summed E-state index contributed by atoms with van der Waals surface area (Å²) < 4.78 is 11.1. The second-order valence-corrected chi connectivity index (χ2v) is 8.84. The van der Waals surface area contributed by atoms with E-state index in [1.165, 1.54) is 0 Å². The van der Waals surface area contributed by atoms with Crippen LogP contribution in [0.1, 0.15) is 69.2 Å². The molecule has 0 saturated carbocycles. The number of rotatable bonds is 7. The smallest absolute Gasteiger partial charge is 0.309 e. The van der Waals surface area contributed by atoms with Crippen LogP contribution in [0.2, 0.25) is 0 Å². The molecule has 0 fully saturated rings. The first-order chi connectivity index (χ1) is 15.0. The molecule has 4 heteroatoms. The van der Waals surface area contributed by atoms with E-state index in [0.29, 0.717) is 0 Å². The van der Waals surface area contributed by atoms with Crippen LogP contribution in [0, 0.1) is 30.6 Å². The summed E-state index contributed by atoms with van der Waals surface area (Å²) in [5.41, 5.74) is 2.85. The summed E-state index contributed by atoms with van der Waals surface area (Å²) in [6, 6.07) is 15.2. The van der Waals surface area contributed by atoms with Gasteiger partial charge >= 0.3 is 11.9 Å². The van der Waals surface area contributed by atoms with Crippen molar-refractivity contribution in [3.63, 3.8) is 0 Å². The van der Waals surface area contributed by atoms with Crippen molar-refractivity contribution in [3.8, 4) is 24.7 Å². The standard InChI is InChI=1S/C28H30O4/c1-8-21-10-14-23(15-11-21)26(24-16-12-22(9-2)13-17-24)20(4)31-27(30)19(3)18-25(29)32-28(5,6)7/h1-2,10-17,19-20,26H,18H2,3-7H3/t19-,20+/m1/s1. The van der Waals surface area contributed by atoms with Crippen LogP contribution in [0.4, 0.5) is 0 Å². The zero-order chi connectivity index (χ0) is 23.9. The molecule has 0 aliphatic rings. The number of benzene rings is 2. The van der Waals surface area contributed by atoms with Crippen LogP contribution in [-0.2, 0) is 19.1 Å². The lowest BCUT2D eigenvalue weighted by atomic mass is 9.86. The fourth-order valence-electron chi connectivity index (χ4n) is 3.39. The molecule has 0 saturated heterocycles. The summed E-state index contributed by atoms with van der Waals surface area (Å²) >= 11 is 0. The molecule has 166 valence electrons. The number of terminal acetylenes is 2. The van der Waals surface area contributed by atoms with Crippen LogP contribution in [-0.4, -0.2) is 23.6 Å². The van der Waals surface area contributed by atoms with E-state index in [1.54, 1.807) is 27.7 Å². The van der Waals surface area contributed by atoms with Crippen molar-refractivity contribution in [1.29, 1.82) is 0 Å². The van der Waals surface area contributed by atoms with Crippen molar-refractivity contribution in [2.45, 2.75) is 58.7 Å². The van der Waals surface area contributed by atoms with Gasteiger partial charge in [-0.2, -0.15) is 0 Å². The van der Waals surface area contributed by atoms with E-state index in [4.69, 9.17) is 22.3 Å². The van der Waals surface area contributed by atoms with Gasteiger partial charge in [-0.15, -0.1) is 12.8 Å². The van der Waals surface area contributed by atoms with Crippen molar-refractivity contribution in [2.75, 3.05) is 0 Å². The Labute approximate surface area is 191 Å². The molecule has 4 nitrogen and oxygen atoms in total. The largest absolute Gasteiger partial charge is 0.461 e. The van der Waals surface area contributed by atoms with E-state index >= 15 is 0 Å². The number of hydrogen-bond acceptors (Lipinski definition) is 4. The van der Waals surface area contributed by atoms with Gasteiger partial charge in [0.1, 0.15) is 11.7 Å². The van der Waals surface area contributed by atoms with Gasteiger partial charge in [-0.3, -0.25) is 9.59 Å². The Balaban J connectivity index is 2.22. The normalized spacial score (nSPS) is 12.9. The van der Waals surface area contributed by atoms with Crippen molar-refractivity contribution in [3.05, 3.63) is 70.8 Å². The number of hydrogen-bond donors (Lipinski definition) is 0. The molecule has 2 aromatic carbocycles. The third kappa shape index (κ3) is 7.03. The van der Waals surface area contributed by atoms with E-state index in [9.17, 15) is 9.59 Å². The van der Waals surface area contributed by atoms with E-state index < -0.39 is 29.6 Å². The fraction of sp³-hybridized carbons (Fsp3) is 0.357. The molecule has 0 unspecified atom stereocenters. The third-order valence-corrected chi connectivity index (χ3v) is 4.94. The summed E-state index contributed by atoms with van der Waals surface area (Å²) in [5, 5.41) is 0. The lowest BCUT2D eigenvalue weighted by molar-refractivity contribution is -0.163. The van der Waals surface area contributed by atoms with Crippen LogP contribution in [0.25, 0.3) is 0 Å². The van der Waals surface area contributed by atoms with Crippen LogP contribution in [0.3, 0.4) is 0 Å². The van der Waals surface area contributed by atoms with Gasteiger partial charge in [-0.25, -0.2) is 0 Å². The van der Waals surface area contributed by atoms with E-state index in [0.717, 1.165) is 22.3 Å². The zero-order valence-electron chi connectivity index (χ0n) is 19.3. The third-order valence-electron chi connectivity index (χ3n) is 4.94. The summed E-state index contributed by atoms with van der Waals surface area (Å²) in [4.78, 5) is 24.8. The minimum Gasteiger partial charge on any atom is -0.461 e. The maximum atomic E-state index is 12.7. The first-order valence-electron chi connectivity index (χ1n) is 10.6. The van der Waals surface area contributed by atoms with Crippen molar-refractivity contribution in [1.82, 2.24) is 0 Å². The molecule has 0 aliphatic heterocycles. The molecule has 0 aromatic heterocycles. The minimum atomic E-state index is -0.624. The SMILES string of the molecule is C#Cc1ccc(C(c2ccc(C#C)cc2)[C@H](C)OC(=O)[C@H](C)CC(=O)OC(C)(C)C)cc1. The number of carbonyl (C=O) groups excluding carboxylic acids is 2. The summed E-state index contributed by atoms with van der Waals surface area (Å²) in [5.74, 6) is 3.48. The Kier molecular flexibility index (Phi) is 8.27. The molecular formula is C28H30O4. The number of esters is 2. The van der Waals surface area contributed by atoms with Gasteiger partial charge < -0.3 is 9.47 Å². The highest BCUT2D eigenvalue weighted by Gasteiger charge is 2.28. The van der Waals surface area contributed by atoms with Crippen molar-refractivity contribution < 1.29 is 19.1 Å². The summed E-state index contributed by atoms with van der Waals surface area (Å²) in [6.45, 7) is 8.87. The maximum absolute atomic E-state index is 12.7. The second-order valence-electron chi connectivity index (χ2n) is 8.84. The zero-order valence-corrected chi connectivity index (χ0v) is 19.3. The lowest BCUT2D eigenvalue weighted by Gasteiger charge is -2.27. The van der Waals surface area contributed by atoms with Gasteiger partial charge in [-0.1, -0.05) is 43.0 Å². The monoisotopic (exact) mass is 430 g/mol. The number of ether oxygens (including phenoxy) is 2. The van der Waals surface area contributed by atoms with Gasteiger partial charge in [0.05, 0.1) is 12.3 Å². The summed E-state index contributed by atoms with van der Waals surface area (Å²) in [6.07, 6.45) is 10.4. The molecule has 0 bridgehead atoms. The molecule has 2 aromatic rings. The Morgan fingerprint density at radius 3 is 1.69 bits per heavy atom. The molecule has 0 radical (unpaired) electrons. The average molecular weight is 431 g/mol. The van der Waals surface area contributed by atoms with Gasteiger partial charge in [0.2, 0.25) is 0 Å². The second kappa shape index (κ2) is 10.7. The van der Waals surface area contributed by atoms with Crippen molar-refractivity contribution in [2.24, 2.45) is 5.92 Å². The molecular weight excluding hydrogens is 400 g/mol. The van der Waals surface area contributed by atoms with E-state index in [-0.39, 0.29) is 12.3 Å². The Morgan fingerprint density at radius 1 is 0.875 bits per heavy atom. The van der Waals surface area contributed by atoms with Gasteiger partial charge in [0.15, 0.2) is 0 Å². The first kappa shape index (κ1) is 24.8.